The first-order valence-electron chi connectivity index (χ1n) is 21.8. The van der Waals surface area contributed by atoms with Crippen LogP contribution < -0.4 is 0 Å². The maximum absolute atomic E-state index is 12.3. The molecule has 0 aromatic rings. The van der Waals surface area contributed by atoms with Gasteiger partial charge in [0.1, 0.15) is 13.2 Å². The number of ether oxygens (including phenoxy) is 8. The Morgan fingerprint density at radius 3 is 1.06 bits per heavy atom. The fourth-order valence-electron chi connectivity index (χ4n) is 3.51. The number of esters is 4. The van der Waals surface area contributed by atoms with Crippen LogP contribution in [0.1, 0.15) is 103 Å². The van der Waals surface area contributed by atoms with Gasteiger partial charge in [0.25, 0.3) is 5.60 Å². The standard InChI is InChI=1S/C12H16F6O3.C11H20O3.C10H18O2.C9H16O2.3C2H6O/c1-7(2)4-5-8(3)9(19)21-6-10(20,11(13,14)15)12(16,17)18;1-9(2)5-6-10(3)11(12)14-8-7-13-4;1-5-12-10(11)9(4)7-6-8(2)3;1-4-7-8(5-2)9(10)11-6-3;3*1-3-2/h4-5,7-8,20H,6H2,1-3H3;5-6,9-10H,7-8H2,1-4H3;6-9H,5H2,1-4H3;7H,4-6H2,1-3H3;3*1-2H3/b5-4-;6-5-;7-6-;8-7+;;;. The summed E-state index contributed by atoms with van der Waals surface area (Å²) in [4.78, 5) is 44.8. The Labute approximate surface area is 399 Å². The van der Waals surface area contributed by atoms with E-state index in [0.29, 0.717) is 38.3 Å². The van der Waals surface area contributed by atoms with Crippen molar-refractivity contribution in [3.8, 4) is 0 Å². The Morgan fingerprint density at radius 1 is 0.493 bits per heavy atom. The molecule has 3 unspecified atom stereocenters. The average molecular weight is 987 g/mol. The van der Waals surface area contributed by atoms with E-state index in [1.165, 1.54) is 13.0 Å². The number of carbonyl (C=O) groups is 4. The fraction of sp³-hybridized carbons (Fsp3) is 0.750. The smallest absolute Gasteiger partial charge is 0.429 e. The molecule has 19 heteroatoms. The third-order valence-electron chi connectivity index (χ3n) is 7.02. The van der Waals surface area contributed by atoms with Crippen molar-refractivity contribution < 1.29 is 88.5 Å². The Kier molecular flexibility index (Phi) is 56.2. The molecule has 0 aliphatic rings. The predicted octanol–water partition coefficient (Wildman–Crippen LogP) is 10.7. The number of carbonyl (C=O) groups excluding carboxylic acids is 4. The summed E-state index contributed by atoms with van der Waals surface area (Å²) >= 11 is 0. The first kappa shape index (κ1) is 77.4. The third kappa shape index (κ3) is 49.9. The summed E-state index contributed by atoms with van der Waals surface area (Å²) in [6, 6.07) is 0. The number of alkyl halides is 6. The van der Waals surface area contributed by atoms with Crippen molar-refractivity contribution in [1.82, 2.24) is 0 Å². The SMILES string of the molecule is CC(C)/C=C\C(C)C(=O)OCC(O)(C(F)(F)F)C(F)(F)F.CC/C=C(\CC)C(=O)OCC.CCOC(=O)C(C)/C=C\C(C)C.COC.COC.COC.COCCOC(=O)C(C)/C=C\C(C)C. The predicted molar refractivity (Wildman–Crippen MR) is 251 cm³/mol. The van der Waals surface area contributed by atoms with Gasteiger partial charge >= 0.3 is 36.2 Å². The molecule has 400 valence electrons. The van der Waals surface area contributed by atoms with E-state index in [2.05, 4.69) is 46.6 Å². The van der Waals surface area contributed by atoms with Crippen LogP contribution in [0.25, 0.3) is 0 Å². The lowest BCUT2D eigenvalue weighted by Crippen LogP contribution is -2.60. The van der Waals surface area contributed by atoms with Crippen LogP contribution in [-0.2, 0) is 57.1 Å². The number of methoxy groups -OCH3 is 4. The molecule has 3 atom stereocenters. The lowest BCUT2D eigenvalue weighted by Gasteiger charge is -2.31. The number of hydrogen-bond donors (Lipinski definition) is 1. The van der Waals surface area contributed by atoms with Crippen molar-refractivity contribution in [2.75, 3.05) is 82.8 Å². The summed E-state index contributed by atoms with van der Waals surface area (Å²) in [5, 5.41) is 8.79. The van der Waals surface area contributed by atoms with Crippen molar-refractivity contribution in [3.05, 3.63) is 48.1 Å². The molecule has 0 amide bonds. The lowest BCUT2D eigenvalue weighted by atomic mass is 10.0. The van der Waals surface area contributed by atoms with Gasteiger partial charge in [-0.05, 0) is 65.2 Å². The molecule has 0 bridgehead atoms. The molecule has 0 spiro atoms. The van der Waals surface area contributed by atoms with E-state index in [9.17, 15) is 45.5 Å². The zero-order valence-electron chi connectivity index (χ0n) is 44.1. The van der Waals surface area contributed by atoms with Crippen LogP contribution in [0.2, 0.25) is 0 Å². The van der Waals surface area contributed by atoms with Gasteiger partial charge in [-0.2, -0.15) is 26.3 Å². The van der Waals surface area contributed by atoms with Crippen molar-refractivity contribution in [2.45, 2.75) is 121 Å². The minimum absolute atomic E-state index is 0.0440. The van der Waals surface area contributed by atoms with E-state index in [4.69, 9.17) is 24.1 Å². The fourth-order valence-corrected chi connectivity index (χ4v) is 3.51. The molecule has 0 heterocycles. The van der Waals surface area contributed by atoms with Gasteiger partial charge in [-0.1, -0.05) is 97.9 Å². The van der Waals surface area contributed by atoms with Crippen molar-refractivity contribution in [3.63, 3.8) is 0 Å². The largest absolute Gasteiger partial charge is 0.466 e. The third-order valence-corrected chi connectivity index (χ3v) is 7.02. The van der Waals surface area contributed by atoms with Gasteiger partial charge in [-0.25, -0.2) is 4.79 Å². The molecule has 0 aliphatic carbocycles. The van der Waals surface area contributed by atoms with Gasteiger partial charge in [0.15, 0.2) is 0 Å². The maximum Gasteiger partial charge on any atom is 0.429 e. The normalized spacial score (nSPS) is 12.8. The molecular weight excluding hydrogens is 899 g/mol. The molecule has 0 saturated heterocycles. The van der Waals surface area contributed by atoms with E-state index in [-0.39, 0.29) is 35.7 Å². The second-order valence-corrected chi connectivity index (χ2v) is 15.1. The molecule has 0 saturated carbocycles. The van der Waals surface area contributed by atoms with Crippen LogP contribution in [0.3, 0.4) is 0 Å². The monoisotopic (exact) mass is 987 g/mol. The van der Waals surface area contributed by atoms with Gasteiger partial charge in [0, 0.05) is 55.3 Å². The number of hydrogen-bond acceptors (Lipinski definition) is 13. The summed E-state index contributed by atoms with van der Waals surface area (Å²) in [6.07, 6.45) is 2.17. The first-order chi connectivity index (χ1) is 30.9. The van der Waals surface area contributed by atoms with Crippen molar-refractivity contribution >= 4 is 23.9 Å². The topological polar surface area (TPSA) is 162 Å². The number of allylic oxidation sites excluding steroid dienone is 4. The van der Waals surface area contributed by atoms with Crippen LogP contribution >= 0.6 is 0 Å². The Bertz CT molecular complexity index is 1290. The summed E-state index contributed by atoms with van der Waals surface area (Å²) in [5.41, 5.74) is -4.30. The lowest BCUT2D eigenvalue weighted by molar-refractivity contribution is -0.375. The summed E-state index contributed by atoms with van der Waals surface area (Å²) in [7, 11) is 11.3. The van der Waals surface area contributed by atoms with Crippen LogP contribution in [0.15, 0.2) is 48.1 Å². The highest BCUT2D eigenvalue weighted by Gasteiger charge is 2.71. The highest BCUT2D eigenvalue weighted by molar-refractivity contribution is 5.88. The van der Waals surface area contributed by atoms with Crippen molar-refractivity contribution in [1.29, 1.82) is 0 Å². The molecular formula is C48H88F6O13. The molecule has 0 aliphatic heterocycles. The van der Waals surface area contributed by atoms with Gasteiger partial charge in [0.05, 0.1) is 37.6 Å². The Morgan fingerprint density at radius 2 is 0.806 bits per heavy atom. The quantitative estimate of drug-likeness (QED) is 0.0325. The van der Waals surface area contributed by atoms with Crippen LogP contribution in [0.5, 0.6) is 0 Å². The minimum Gasteiger partial charge on any atom is -0.466 e. The van der Waals surface area contributed by atoms with Gasteiger partial charge in [-0.15, -0.1) is 0 Å². The van der Waals surface area contributed by atoms with E-state index >= 15 is 0 Å². The number of aliphatic hydroxyl groups is 1. The average Bonchev–Trinajstić information content (AvgIpc) is 3.22. The summed E-state index contributed by atoms with van der Waals surface area (Å²) < 4.78 is 110. The Hall–Kier alpha value is -3.78. The molecule has 1 N–H and O–H groups in total. The van der Waals surface area contributed by atoms with Gasteiger partial charge in [-0.3, -0.25) is 14.4 Å². The van der Waals surface area contributed by atoms with Crippen LogP contribution in [0.4, 0.5) is 26.3 Å². The first-order valence-corrected chi connectivity index (χ1v) is 21.8. The summed E-state index contributed by atoms with van der Waals surface area (Å²) in [5.74, 6) is -2.13. The second-order valence-electron chi connectivity index (χ2n) is 15.1. The van der Waals surface area contributed by atoms with Crippen LogP contribution in [0, 0.1) is 35.5 Å². The molecule has 0 aromatic heterocycles. The van der Waals surface area contributed by atoms with Crippen molar-refractivity contribution in [2.24, 2.45) is 35.5 Å². The molecule has 13 nitrogen and oxygen atoms in total. The van der Waals surface area contributed by atoms with E-state index in [1.807, 2.05) is 71.9 Å². The molecule has 0 radical (unpaired) electrons. The van der Waals surface area contributed by atoms with Crippen LogP contribution in [-0.4, -0.2) is 130 Å². The van der Waals surface area contributed by atoms with E-state index in [1.54, 1.807) is 69.7 Å². The van der Waals surface area contributed by atoms with E-state index in [0.717, 1.165) is 18.4 Å². The number of rotatable bonds is 19. The molecule has 0 rings (SSSR count). The van der Waals surface area contributed by atoms with Gasteiger partial charge in [0.2, 0.25) is 0 Å². The Balaban J connectivity index is -0.000000138. The van der Waals surface area contributed by atoms with Gasteiger partial charge < -0.3 is 43.0 Å². The number of halogens is 6. The molecule has 0 aromatic carbocycles. The second kappa shape index (κ2) is 48.7. The highest BCUT2D eigenvalue weighted by atomic mass is 19.4. The zero-order chi connectivity index (χ0) is 54.4. The maximum atomic E-state index is 12.3. The summed E-state index contributed by atoms with van der Waals surface area (Å²) in [6.45, 7) is 23.8. The van der Waals surface area contributed by atoms with E-state index < -0.39 is 36.4 Å². The zero-order valence-corrected chi connectivity index (χ0v) is 44.1. The molecule has 0 fully saturated rings. The molecule has 67 heavy (non-hydrogen) atoms. The minimum atomic E-state index is -6.01. The highest BCUT2D eigenvalue weighted by Crippen LogP contribution is 2.43.